The Labute approximate surface area is 136 Å². The molecule has 2 rings (SSSR count). The Hall–Kier alpha value is -1.99. The molecule has 22 heavy (non-hydrogen) atoms. The maximum atomic E-state index is 11.9. The second-order valence-electron chi connectivity index (χ2n) is 4.32. The highest BCUT2D eigenvalue weighted by molar-refractivity contribution is 7.99. The number of carbonyl (C=O) groups excluding carboxylic acids is 1. The molecule has 0 bridgehead atoms. The van der Waals surface area contributed by atoms with E-state index in [1.54, 1.807) is 41.4 Å². The highest BCUT2D eigenvalue weighted by Gasteiger charge is 2.16. The lowest BCUT2D eigenvalue weighted by atomic mass is 10.3. The van der Waals surface area contributed by atoms with Gasteiger partial charge in [-0.3, -0.25) is 4.79 Å². The first-order valence-corrected chi connectivity index (χ1v) is 8.00. The summed E-state index contributed by atoms with van der Waals surface area (Å²) in [7, 11) is 0. The average Bonchev–Trinajstić information content (AvgIpc) is 2.52. The average molecular weight is 337 g/mol. The summed E-state index contributed by atoms with van der Waals surface area (Å²) in [6.45, 7) is 0.482. The van der Waals surface area contributed by atoms with Crippen molar-refractivity contribution in [3.05, 3.63) is 63.8 Å². The smallest absolute Gasteiger partial charge is 0.286 e. The number of nitrogens with zero attached hydrogens (tertiary/aromatic N) is 4. The normalized spacial score (nSPS) is 12.9. The van der Waals surface area contributed by atoms with E-state index in [4.69, 9.17) is 11.6 Å². The van der Waals surface area contributed by atoms with Gasteiger partial charge in [0.25, 0.3) is 5.91 Å². The van der Waals surface area contributed by atoms with Crippen molar-refractivity contribution in [1.29, 1.82) is 0 Å². The lowest BCUT2D eigenvalue weighted by molar-refractivity contribution is -0.117. The maximum absolute atomic E-state index is 11.9. The third-order valence-electron chi connectivity index (χ3n) is 2.81. The first-order chi connectivity index (χ1) is 10.6. The van der Waals surface area contributed by atoms with Gasteiger partial charge in [0.05, 0.1) is 6.54 Å². The van der Waals surface area contributed by atoms with Crippen molar-refractivity contribution in [2.75, 3.05) is 6.26 Å². The van der Waals surface area contributed by atoms with Crippen LogP contribution in [0.5, 0.6) is 0 Å². The van der Waals surface area contributed by atoms with Gasteiger partial charge in [-0.05, 0) is 35.2 Å². The summed E-state index contributed by atoms with van der Waals surface area (Å²) in [5, 5.41) is 2.16. The van der Waals surface area contributed by atoms with Crippen molar-refractivity contribution >= 4 is 29.3 Å². The Morgan fingerprint density at radius 1 is 1.41 bits per heavy atom. The summed E-state index contributed by atoms with van der Waals surface area (Å²) in [6.07, 6.45) is 5.09. The minimum atomic E-state index is -1.02. The molecule has 0 fully saturated rings. The molecule has 0 N–H and O–H groups in total. The molecule has 2 heterocycles. The van der Waals surface area contributed by atoms with Crippen molar-refractivity contribution in [1.82, 2.24) is 9.55 Å². The van der Waals surface area contributed by atoms with Gasteiger partial charge in [0.2, 0.25) is 5.37 Å². The number of pyridine rings is 2. The van der Waals surface area contributed by atoms with Crippen molar-refractivity contribution < 1.29 is 4.79 Å². The summed E-state index contributed by atoms with van der Waals surface area (Å²) < 4.78 is 1.78. The molecule has 1 atom stereocenters. The molecule has 0 aliphatic rings. The summed E-state index contributed by atoms with van der Waals surface area (Å²) in [4.78, 5) is 30.5. The van der Waals surface area contributed by atoms with Gasteiger partial charge in [0.15, 0.2) is 0 Å². The highest BCUT2D eigenvalue weighted by atomic mass is 35.5. The standard InChI is InChI=1S/C14H13ClN4O2S/c1-22-14(18-21)13(20)17-12-4-2-3-7-19(12)9-10-5-6-11(15)16-8-10/h2-8,14H,9H2,1H3. The second kappa shape index (κ2) is 7.86. The van der Waals surface area contributed by atoms with Crippen molar-refractivity contribution in [3.8, 4) is 0 Å². The molecule has 0 saturated carbocycles. The molecular formula is C14H13ClN4O2S. The zero-order valence-electron chi connectivity index (χ0n) is 11.7. The zero-order chi connectivity index (χ0) is 15.9. The van der Waals surface area contributed by atoms with E-state index in [9.17, 15) is 9.70 Å². The molecular weight excluding hydrogens is 324 g/mol. The molecule has 0 aliphatic carbocycles. The van der Waals surface area contributed by atoms with E-state index in [2.05, 4.69) is 15.2 Å². The predicted octanol–water partition coefficient (Wildman–Crippen LogP) is 2.47. The number of halogens is 1. The van der Waals surface area contributed by atoms with Gasteiger partial charge < -0.3 is 4.57 Å². The molecule has 2 aromatic rings. The van der Waals surface area contributed by atoms with Crippen LogP contribution in [0, 0.1) is 4.91 Å². The third-order valence-corrected chi connectivity index (χ3v) is 3.77. The van der Waals surface area contributed by atoms with Crippen molar-refractivity contribution in [2.24, 2.45) is 10.2 Å². The van der Waals surface area contributed by atoms with E-state index in [-0.39, 0.29) is 0 Å². The fourth-order valence-electron chi connectivity index (χ4n) is 1.76. The van der Waals surface area contributed by atoms with Crippen LogP contribution < -0.4 is 5.49 Å². The first-order valence-electron chi connectivity index (χ1n) is 6.34. The van der Waals surface area contributed by atoms with Gasteiger partial charge in [0, 0.05) is 12.4 Å². The van der Waals surface area contributed by atoms with Crippen molar-refractivity contribution in [2.45, 2.75) is 11.9 Å². The Kier molecular flexibility index (Phi) is 5.85. The van der Waals surface area contributed by atoms with Crippen LogP contribution in [0.15, 0.2) is 52.9 Å². The van der Waals surface area contributed by atoms with Crippen LogP contribution in [0.3, 0.4) is 0 Å². The SMILES string of the molecule is CSC(N=O)C(=O)N=c1ccccn1Cc1ccc(Cl)nc1. The number of thioether (sulfide) groups is 1. The van der Waals surface area contributed by atoms with Crippen LogP contribution in [-0.4, -0.2) is 27.1 Å². The second-order valence-corrected chi connectivity index (χ2v) is 5.62. The zero-order valence-corrected chi connectivity index (χ0v) is 13.3. The molecule has 0 spiro atoms. The van der Waals surface area contributed by atoms with Gasteiger partial charge >= 0.3 is 0 Å². The largest absolute Gasteiger partial charge is 0.328 e. The van der Waals surface area contributed by atoms with Gasteiger partial charge in [0.1, 0.15) is 10.6 Å². The van der Waals surface area contributed by atoms with E-state index in [0.717, 1.165) is 17.3 Å². The Bertz CT molecular complexity index is 730. The van der Waals surface area contributed by atoms with Crippen LogP contribution in [-0.2, 0) is 11.3 Å². The van der Waals surface area contributed by atoms with Crippen LogP contribution in [0.2, 0.25) is 5.15 Å². The number of hydrogen-bond acceptors (Lipinski definition) is 5. The monoisotopic (exact) mass is 336 g/mol. The molecule has 8 heteroatoms. The van der Waals surface area contributed by atoms with Crippen LogP contribution >= 0.6 is 23.4 Å². The lowest BCUT2D eigenvalue weighted by Crippen LogP contribution is -2.24. The Balaban J connectivity index is 2.32. The number of amides is 1. The number of hydrogen-bond donors (Lipinski definition) is 0. The van der Waals surface area contributed by atoms with Crippen LogP contribution in [0.4, 0.5) is 0 Å². The minimum Gasteiger partial charge on any atom is -0.328 e. The summed E-state index contributed by atoms with van der Waals surface area (Å²) in [5.41, 5.74) is 1.37. The quantitative estimate of drug-likeness (QED) is 0.620. The summed E-state index contributed by atoms with van der Waals surface area (Å²) in [6, 6.07) is 8.84. The Morgan fingerprint density at radius 2 is 2.23 bits per heavy atom. The molecule has 0 radical (unpaired) electrons. The number of nitroso groups, excluding NO2 is 1. The van der Waals surface area contributed by atoms with Crippen LogP contribution in [0.25, 0.3) is 0 Å². The molecule has 1 unspecified atom stereocenters. The van der Waals surface area contributed by atoms with E-state index >= 15 is 0 Å². The number of carbonyl (C=O) groups is 1. The third kappa shape index (κ3) is 4.25. The molecule has 0 saturated heterocycles. The highest BCUT2D eigenvalue weighted by Crippen LogP contribution is 2.09. The van der Waals surface area contributed by atoms with E-state index in [1.807, 2.05) is 12.1 Å². The van der Waals surface area contributed by atoms with Gasteiger partial charge in [-0.2, -0.15) is 4.99 Å². The van der Waals surface area contributed by atoms with Gasteiger partial charge in [-0.15, -0.1) is 16.7 Å². The van der Waals surface area contributed by atoms with Gasteiger partial charge in [-0.25, -0.2) is 4.98 Å². The molecule has 6 nitrogen and oxygen atoms in total. The predicted molar refractivity (Wildman–Crippen MR) is 86.4 cm³/mol. The fraction of sp³-hybridized carbons (Fsp3) is 0.214. The van der Waals surface area contributed by atoms with Crippen molar-refractivity contribution in [3.63, 3.8) is 0 Å². The molecule has 1 amide bonds. The summed E-state index contributed by atoms with van der Waals surface area (Å²) in [5.74, 6) is -0.573. The Morgan fingerprint density at radius 3 is 2.86 bits per heavy atom. The lowest BCUT2D eigenvalue weighted by Gasteiger charge is -2.07. The molecule has 114 valence electrons. The summed E-state index contributed by atoms with van der Waals surface area (Å²) >= 11 is 6.81. The van der Waals surface area contributed by atoms with Gasteiger partial charge in [-0.1, -0.05) is 23.7 Å². The number of rotatable bonds is 5. The maximum Gasteiger partial charge on any atom is 0.286 e. The number of aromatic nitrogens is 2. The van der Waals surface area contributed by atoms with E-state index < -0.39 is 11.3 Å². The fourth-order valence-corrected chi connectivity index (χ4v) is 2.21. The van der Waals surface area contributed by atoms with Crippen LogP contribution in [0.1, 0.15) is 5.56 Å². The molecule has 0 aliphatic heterocycles. The topological polar surface area (TPSA) is 76.7 Å². The minimum absolute atomic E-state index is 0.418. The molecule has 0 aromatic carbocycles. The van der Waals surface area contributed by atoms with E-state index in [0.29, 0.717) is 17.2 Å². The molecule has 2 aromatic heterocycles. The first kappa shape index (κ1) is 16.4. The van der Waals surface area contributed by atoms with E-state index in [1.165, 1.54) is 0 Å².